The zero-order valence-electron chi connectivity index (χ0n) is 3.33. The molecule has 1 heteroatoms. The van der Waals surface area contributed by atoms with Crippen LogP contribution in [0.3, 0.4) is 0 Å². The van der Waals surface area contributed by atoms with E-state index in [9.17, 15) is 0 Å². The molecular formula is C5H5P. The summed E-state index contributed by atoms with van der Waals surface area (Å²) in [5.74, 6) is 3.23. The van der Waals surface area contributed by atoms with E-state index < -0.39 is 0 Å². The summed E-state index contributed by atoms with van der Waals surface area (Å²) in [6, 6.07) is 0. The van der Waals surface area contributed by atoms with E-state index in [1.54, 1.807) is 8.20 Å². The molecule has 0 aromatic heterocycles. The van der Waals surface area contributed by atoms with Gasteiger partial charge >= 0.3 is 0 Å². The maximum atomic E-state index is 2.34. The second-order valence-corrected chi connectivity index (χ2v) is 2.94. The standard InChI is InChI=1S/C5H5P/c1-2-5-4(1)3-6-5/h1-5H/t4-,5+/m1/s1. The average Bonchev–Trinajstić information content (AvgIpc) is 1.54. The number of allylic oxidation sites excluding steroid dienone is 2. The molecule has 0 aromatic carbocycles. The van der Waals surface area contributed by atoms with Crippen molar-refractivity contribution in [3.63, 3.8) is 0 Å². The second-order valence-electron chi connectivity index (χ2n) is 1.75. The van der Waals surface area contributed by atoms with Crippen LogP contribution in [0.1, 0.15) is 0 Å². The van der Waals surface area contributed by atoms with Gasteiger partial charge in [-0.3, -0.25) is 0 Å². The molecule has 0 aromatic rings. The molecule has 0 saturated carbocycles. The first-order valence-electron chi connectivity index (χ1n) is 2.18. The van der Waals surface area contributed by atoms with Gasteiger partial charge in [0, 0.05) is 11.6 Å². The lowest BCUT2D eigenvalue weighted by Crippen LogP contribution is -2.26. The Morgan fingerprint density at radius 1 is 1.33 bits per heavy atom. The first-order valence-corrected chi connectivity index (χ1v) is 3.22. The Morgan fingerprint density at radius 2 is 2.17 bits per heavy atom. The van der Waals surface area contributed by atoms with Crippen molar-refractivity contribution in [3.05, 3.63) is 12.2 Å². The van der Waals surface area contributed by atoms with Gasteiger partial charge < -0.3 is 0 Å². The van der Waals surface area contributed by atoms with Crippen molar-refractivity contribution in [1.29, 1.82) is 0 Å². The highest BCUT2D eigenvalue weighted by molar-refractivity contribution is 7.42. The highest BCUT2D eigenvalue weighted by Crippen LogP contribution is 2.37. The second kappa shape index (κ2) is 0.764. The van der Waals surface area contributed by atoms with Crippen molar-refractivity contribution >= 4 is 14.0 Å². The summed E-state index contributed by atoms with van der Waals surface area (Å²) in [4.78, 5) is 0. The van der Waals surface area contributed by atoms with Gasteiger partial charge in [-0.05, 0) is 0 Å². The van der Waals surface area contributed by atoms with Gasteiger partial charge in [-0.15, -0.1) is 0 Å². The van der Waals surface area contributed by atoms with Crippen molar-refractivity contribution in [2.75, 3.05) is 0 Å². The minimum Gasteiger partial charge on any atom is -0.0997 e. The fourth-order valence-corrected chi connectivity index (χ4v) is 1.69. The van der Waals surface area contributed by atoms with Crippen LogP contribution in [0.15, 0.2) is 12.2 Å². The molecule has 0 spiro atoms. The van der Waals surface area contributed by atoms with E-state index in [4.69, 9.17) is 0 Å². The molecule has 0 radical (unpaired) electrons. The van der Waals surface area contributed by atoms with Crippen molar-refractivity contribution in [2.45, 2.75) is 5.66 Å². The number of fused-ring (bicyclic) bond motifs is 1. The van der Waals surface area contributed by atoms with Crippen LogP contribution in [0.5, 0.6) is 0 Å². The third kappa shape index (κ3) is 0.171. The molecule has 0 nitrogen and oxygen atoms in total. The van der Waals surface area contributed by atoms with Crippen LogP contribution in [0.2, 0.25) is 0 Å². The van der Waals surface area contributed by atoms with Crippen LogP contribution >= 0.6 is 8.20 Å². The first-order chi connectivity index (χ1) is 2.97. The lowest BCUT2D eigenvalue weighted by molar-refractivity contribution is 0.828. The summed E-state index contributed by atoms with van der Waals surface area (Å²) < 4.78 is 0. The summed E-state index contributed by atoms with van der Waals surface area (Å²) in [6.07, 6.45) is 4.55. The molecule has 30 valence electrons. The summed E-state index contributed by atoms with van der Waals surface area (Å²) in [5, 5.41) is 0. The van der Waals surface area contributed by atoms with Crippen LogP contribution in [0.25, 0.3) is 0 Å². The normalized spacial score (nSPS) is 49.3. The molecule has 2 aliphatic rings. The Morgan fingerprint density at radius 3 is 2.17 bits per heavy atom. The first kappa shape index (κ1) is 2.98. The maximum absolute atomic E-state index is 2.34. The predicted molar refractivity (Wildman–Crippen MR) is 29.4 cm³/mol. The topological polar surface area (TPSA) is 0 Å². The van der Waals surface area contributed by atoms with Crippen LogP contribution in [0, 0.1) is 5.92 Å². The van der Waals surface area contributed by atoms with Crippen molar-refractivity contribution < 1.29 is 0 Å². The van der Waals surface area contributed by atoms with E-state index in [1.165, 1.54) is 0 Å². The quantitative estimate of drug-likeness (QED) is 0.315. The minimum atomic E-state index is 0.895. The number of hydrogen-bond donors (Lipinski definition) is 0. The van der Waals surface area contributed by atoms with Crippen LogP contribution < -0.4 is 0 Å². The maximum Gasteiger partial charge on any atom is 0.0287 e. The molecule has 0 amide bonds. The molecular weight excluding hydrogens is 91.0 g/mol. The Bertz CT molecular complexity index is 95.9. The van der Waals surface area contributed by atoms with Crippen molar-refractivity contribution in [1.82, 2.24) is 0 Å². The van der Waals surface area contributed by atoms with Gasteiger partial charge in [0.1, 0.15) is 0 Å². The van der Waals surface area contributed by atoms with E-state index in [0.29, 0.717) is 0 Å². The monoisotopic (exact) mass is 96.0 g/mol. The molecule has 0 bridgehead atoms. The molecule has 2 rings (SSSR count). The SMILES string of the molecule is C1=C[C@@H]2P=C[C@@H]12. The predicted octanol–water partition coefficient (Wildman–Crippen LogP) is 1.30. The average molecular weight is 96.1 g/mol. The Labute approximate surface area is 38.7 Å². The summed E-state index contributed by atoms with van der Waals surface area (Å²) in [6.45, 7) is 0. The number of hydrogen-bond acceptors (Lipinski definition) is 0. The minimum absolute atomic E-state index is 0.895. The summed E-state index contributed by atoms with van der Waals surface area (Å²) in [5.41, 5.74) is 0.949. The lowest BCUT2D eigenvalue weighted by Gasteiger charge is -2.30. The van der Waals surface area contributed by atoms with E-state index in [-0.39, 0.29) is 0 Å². The fourth-order valence-electron chi connectivity index (χ4n) is 0.723. The van der Waals surface area contributed by atoms with Crippen LogP contribution in [-0.4, -0.2) is 11.5 Å². The van der Waals surface area contributed by atoms with Crippen molar-refractivity contribution in [2.24, 2.45) is 5.92 Å². The Balaban J connectivity index is 2.40. The van der Waals surface area contributed by atoms with E-state index in [0.717, 1.165) is 11.6 Å². The van der Waals surface area contributed by atoms with E-state index in [1.807, 2.05) is 0 Å². The molecule has 0 saturated heterocycles. The Hall–Kier alpha value is -0.0900. The summed E-state index contributed by atoms with van der Waals surface area (Å²) in [7, 11) is 1.55. The third-order valence-electron chi connectivity index (χ3n) is 1.36. The van der Waals surface area contributed by atoms with Gasteiger partial charge in [0.05, 0.1) is 0 Å². The molecule has 1 aliphatic carbocycles. The van der Waals surface area contributed by atoms with Gasteiger partial charge in [-0.1, -0.05) is 26.2 Å². The van der Waals surface area contributed by atoms with Gasteiger partial charge in [0.15, 0.2) is 0 Å². The summed E-state index contributed by atoms with van der Waals surface area (Å²) >= 11 is 0. The molecule has 1 aliphatic heterocycles. The van der Waals surface area contributed by atoms with E-state index >= 15 is 0 Å². The highest BCUT2D eigenvalue weighted by Gasteiger charge is 2.26. The van der Waals surface area contributed by atoms with Crippen molar-refractivity contribution in [3.8, 4) is 0 Å². The van der Waals surface area contributed by atoms with Gasteiger partial charge in [-0.25, -0.2) is 0 Å². The zero-order valence-corrected chi connectivity index (χ0v) is 4.23. The Kier molecular flexibility index (Phi) is 0.380. The molecule has 0 unspecified atom stereocenters. The largest absolute Gasteiger partial charge is 0.0997 e. The molecule has 2 atom stereocenters. The molecule has 0 fully saturated rings. The fraction of sp³-hybridized carbons (Fsp3) is 0.400. The van der Waals surface area contributed by atoms with Crippen LogP contribution in [-0.2, 0) is 0 Å². The molecule has 1 heterocycles. The molecule has 0 N–H and O–H groups in total. The third-order valence-corrected chi connectivity index (χ3v) is 2.73. The van der Waals surface area contributed by atoms with Crippen LogP contribution in [0.4, 0.5) is 0 Å². The smallest absolute Gasteiger partial charge is 0.0287 e. The molecule has 6 heavy (non-hydrogen) atoms. The highest BCUT2D eigenvalue weighted by atomic mass is 31.1. The zero-order chi connectivity index (χ0) is 3.98. The van der Waals surface area contributed by atoms with E-state index in [2.05, 4.69) is 17.9 Å². The lowest BCUT2D eigenvalue weighted by atomic mass is 9.96. The van der Waals surface area contributed by atoms with Gasteiger partial charge in [0.25, 0.3) is 0 Å². The van der Waals surface area contributed by atoms with Gasteiger partial charge in [-0.2, -0.15) is 0 Å². The van der Waals surface area contributed by atoms with Gasteiger partial charge in [0.2, 0.25) is 0 Å². The number of rotatable bonds is 0.